The van der Waals surface area contributed by atoms with E-state index in [0.717, 1.165) is 23.7 Å². The average Bonchev–Trinajstić information content (AvgIpc) is 3.05. The molecule has 5 nitrogen and oxygen atoms in total. The predicted molar refractivity (Wildman–Crippen MR) is 88.9 cm³/mol. The molecule has 0 aliphatic heterocycles. The summed E-state index contributed by atoms with van der Waals surface area (Å²) < 4.78 is 5.61. The Morgan fingerprint density at radius 1 is 1.36 bits per heavy atom. The number of H-pyrrole nitrogens is 1. The van der Waals surface area contributed by atoms with Crippen molar-refractivity contribution < 1.29 is 9.53 Å². The molecule has 1 N–H and O–H groups in total. The van der Waals surface area contributed by atoms with Crippen LogP contribution in [0.25, 0.3) is 0 Å². The van der Waals surface area contributed by atoms with Crippen molar-refractivity contribution in [2.75, 3.05) is 26.0 Å². The zero-order chi connectivity index (χ0) is 15.6. The Morgan fingerprint density at radius 3 is 2.91 bits per heavy atom. The Bertz CT molecular complexity index is 546. The first kappa shape index (κ1) is 16.4. The van der Waals surface area contributed by atoms with Gasteiger partial charge in [0.05, 0.1) is 18.1 Å². The van der Waals surface area contributed by atoms with Crippen molar-refractivity contribution in [3.05, 3.63) is 48.5 Å². The maximum atomic E-state index is 12.0. The minimum Gasteiger partial charge on any atom is -0.494 e. The lowest BCUT2D eigenvalue weighted by Crippen LogP contribution is -2.30. The van der Waals surface area contributed by atoms with E-state index in [2.05, 4.69) is 9.97 Å². The molecule has 0 saturated carbocycles. The van der Waals surface area contributed by atoms with Crippen LogP contribution >= 0.6 is 11.8 Å². The number of ether oxygens (including phenoxy) is 1. The summed E-state index contributed by atoms with van der Waals surface area (Å²) in [6, 6.07) is 9.71. The fourth-order valence-corrected chi connectivity index (χ4v) is 2.70. The minimum atomic E-state index is 0.135. The van der Waals surface area contributed by atoms with Crippen LogP contribution in [0.3, 0.4) is 0 Å². The fraction of sp³-hybridized carbons (Fsp3) is 0.375. The maximum absolute atomic E-state index is 12.0. The quantitative estimate of drug-likeness (QED) is 0.722. The van der Waals surface area contributed by atoms with Crippen molar-refractivity contribution in [2.45, 2.75) is 12.2 Å². The lowest BCUT2D eigenvalue weighted by molar-refractivity contribution is -0.127. The number of nitrogens with one attached hydrogen (secondary N) is 1. The highest BCUT2D eigenvalue weighted by Gasteiger charge is 2.09. The van der Waals surface area contributed by atoms with Gasteiger partial charge in [-0.1, -0.05) is 18.2 Å². The van der Waals surface area contributed by atoms with E-state index in [-0.39, 0.29) is 5.91 Å². The first-order valence-electron chi connectivity index (χ1n) is 7.23. The monoisotopic (exact) mass is 319 g/mol. The highest BCUT2D eigenvalue weighted by atomic mass is 32.2. The van der Waals surface area contributed by atoms with Crippen LogP contribution in [0.15, 0.2) is 42.7 Å². The number of benzene rings is 1. The number of hydrogen-bond acceptors (Lipinski definition) is 4. The maximum Gasteiger partial charge on any atom is 0.232 e. The van der Waals surface area contributed by atoms with Crippen LogP contribution in [0.1, 0.15) is 12.2 Å². The molecule has 0 unspecified atom stereocenters. The third-order valence-corrected chi connectivity index (χ3v) is 4.02. The van der Waals surface area contributed by atoms with E-state index in [9.17, 15) is 4.79 Å². The third kappa shape index (κ3) is 5.81. The number of aromatic nitrogens is 2. The second-order valence-electron chi connectivity index (χ2n) is 4.86. The van der Waals surface area contributed by atoms with Crippen molar-refractivity contribution in [1.29, 1.82) is 0 Å². The van der Waals surface area contributed by atoms with Gasteiger partial charge in [-0.2, -0.15) is 0 Å². The summed E-state index contributed by atoms with van der Waals surface area (Å²) in [7, 11) is 1.83. The Hall–Kier alpha value is -1.95. The molecule has 1 heterocycles. The van der Waals surface area contributed by atoms with Crippen molar-refractivity contribution in [3.63, 3.8) is 0 Å². The van der Waals surface area contributed by atoms with Gasteiger partial charge in [-0.25, -0.2) is 4.98 Å². The molecule has 2 aromatic rings. The van der Waals surface area contributed by atoms with Gasteiger partial charge in [0, 0.05) is 26.0 Å². The Morgan fingerprint density at radius 2 is 2.18 bits per heavy atom. The molecule has 0 bridgehead atoms. The van der Waals surface area contributed by atoms with E-state index in [1.165, 1.54) is 0 Å². The van der Waals surface area contributed by atoms with Crippen LogP contribution in [-0.4, -0.2) is 46.7 Å². The molecule has 0 saturated heterocycles. The molecule has 0 spiro atoms. The average molecular weight is 319 g/mol. The molecule has 1 aromatic carbocycles. The second kappa shape index (κ2) is 9.15. The Kier molecular flexibility index (Phi) is 6.83. The number of para-hydroxylation sites is 1. The lowest BCUT2D eigenvalue weighted by atomic mass is 10.3. The molecular formula is C16H21N3O2S. The SMILES string of the molecule is CN(CCCOc1ccccc1)C(=O)CSCc1ncc[nH]1. The Balaban J connectivity index is 1.56. The Labute approximate surface area is 135 Å². The lowest BCUT2D eigenvalue weighted by Gasteiger charge is -2.17. The van der Waals surface area contributed by atoms with Gasteiger partial charge in [-0.3, -0.25) is 4.79 Å². The highest BCUT2D eigenvalue weighted by molar-refractivity contribution is 7.99. The topological polar surface area (TPSA) is 58.2 Å². The smallest absolute Gasteiger partial charge is 0.232 e. The third-order valence-electron chi connectivity index (χ3n) is 3.09. The molecule has 0 radical (unpaired) electrons. The van der Waals surface area contributed by atoms with E-state index in [1.54, 1.807) is 29.1 Å². The molecule has 1 aromatic heterocycles. The first-order valence-corrected chi connectivity index (χ1v) is 8.39. The van der Waals surface area contributed by atoms with Gasteiger partial charge in [0.25, 0.3) is 0 Å². The van der Waals surface area contributed by atoms with Gasteiger partial charge in [0.1, 0.15) is 11.6 Å². The van der Waals surface area contributed by atoms with E-state index in [1.807, 2.05) is 37.4 Å². The zero-order valence-corrected chi connectivity index (χ0v) is 13.5. The molecule has 22 heavy (non-hydrogen) atoms. The van der Waals surface area contributed by atoms with Crippen LogP contribution in [0.2, 0.25) is 0 Å². The van der Waals surface area contributed by atoms with Crippen molar-refractivity contribution in [2.24, 2.45) is 0 Å². The van der Waals surface area contributed by atoms with Crippen LogP contribution in [0.5, 0.6) is 5.75 Å². The minimum absolute atomic E-state index is 0.135. The van der Waals surface area contributed by atoms with Crippen LogP contribution in [-0.2, 0) is 10.5 Å². The number of carbonyl (C=O) groups is 1. The summed E-state index contributed by atoms with van der Waals surface area (Å²) in [5.41, 5.74) is 0. The number of nitrogens with zero attached hydrogens (tertiary/aromatic N) is 2. The van der Waals surface area contributed by atoms with E-state index in [0.29, 0.717) is 18.9 Å². The number of rotatable bonds is 9. The van der Waals surface area contributed by atoms with Gasteiger partial charge in [0.15, 0.2) is 0 Å². The van der Waals surface area contributed by atoms with Gasteiger partial charge >= 0.3 is 0 Å². The number of imidazole rings is 1. The molecule has 1 amide bonds. The second-order valence-corrected chi connectivity index (χ2v) is 5.84. The number of hydrogen-bond donors (Lipinski definition) is 1. The van der Waals surface area contributed by atoms with Gasteiger partial charge < -0.3 is 14.6 Å². The van der Waals surface area contributed by atoms with E-state index >= 15 is 0 Å². The summed E-state index contributed by atoms with van der Waals surface area (Å²) in [6.07, 6.45) is 4.33. The van der Waals surface area contributed by atoms with Gasteiger partial charge in [-0.15, -0.1) is 11.8 Å². The number of carbonyl (C=O) groups excluding carboxylic acids is 1. The number of thioether (sulfide) groups is 1. The molecule has 0 aliphatic carbocycles. The van der Waals surface area contributed by atoms with Crippen LogP contribution in [0, 0.1) is 0 Å². The van der Waals surface area contributed by atoms with Crippen LogP contribution in [0.4, 0.5) is 0 Å². The van der Waals surface area contributed by atoms with Crippen molar-refractivity contribution in [3.8, 4) is 5.75 Å². The van der Waals surface area contributed by atoms with Crippen molar-refractivity contribution in [1.82, 2.24) is 14.9 Å². The summed E-state index contributed by atoms with van der Waals surface area (Å²) in [6.45, 7) is 1.31. The summed E-state index contributed by atoms with van der Waals surface area (Å²) in [4.78, 5) is 20.9. The summed E-state index contributed by atoms with van der Waals surface area (Å²) >= 11 is 1.57. The molecule has 0 atom stereocenters. The van der Waals surface area contributed by atoms with Crippen molar-refractivity contribution >= 4 is 17.7 Å². The van der Waals surface area contributed by atoms with Gasteiger partial charge in [-0.05, 0) is 18.6 Å². The van der Waals surface area contributed by atoms with Crippen LogP contribution < -0.4 is 4.74 Å². The normalized spacial score (nSPS) is 10.4. The number of aromatic amines is 1. The molecule has 6 heteroatoms. The largest absolute Gasteiger partial charge is 0.494 e. The molecule has 0 aliphatic rings. The highest BCUT2D eigenvalue weighted by Crippen LogP contribution is 2.10. The van der Waals surface area contributed by atoms with Gasteiger partial charge in [0.2, 0.25) is 5.91 Å². The predicted octanol–water partition coefficient (Wildman–Crippen LogP) is 2.57. The molecule has 118 valence electrons. The fourth-order valence-electron chi connectivity index (χ4n) is 1.86. The molecule has 0 fully saturated rings. The molecular weight excluding hydrogens is 298 g/mol. The first-order chi connectivity index (χ1) is 10.8. The zero-order valence-electron chi connectivity index (χ0n) is 12.7. The summed E-state index contributed by atoms with van der Waals surface area (Å²) in [5.74, 6) is 3.10. The summed E-state index contributed by atoms with van der Waals surface area (Å²) in [5, 5.41) is 0. The number of amides is 1. The van der Waals surface area contributed by atoms with E-state index in [4.69, 9.17) is 4.74 Å². The van der Waals surface area contributed by atoms with E-state index < -0.39 is 0 Å². The standard InChI is InChI=1S/C16H21N3O2S/c1-19(10-5-11-21-14-6-3-2-4-7-14)16(20)13-22-12-15-17-8-9-18-15/h2-4,6-9H,5,10-13H2,1H3,(H,17,18). The molecule has 2 rings (SSSR count).